The SMILES string of the molecule is CC(C)NCC(C(=O)N1CCN(c2ncnc3c2[C@H](C)CC3)[C@H](C)C1)c1ccc(Cl)cc1. The van der Waals surface area contributed by atoms with Gasteiger partial charge in [0.05, 0.1) is 5.92 Å². The lowest BCUT2D eigenvalue weighted by atomic mass is 9.96. The molecule has 1 aromatic heterocycles. The van der Waals surface area contributed by atoms with Crippen LogP contribution in [0.3, 0.4) is 0 Å². The highest BCUT2D eigenvalue weighted by atomic mass is 35.5. The van der Waals surface area contributed by atoms with Crippen LogP contribution < -0.4 is 10.2 Å². The minimum Gasteiger partial charge on any atom is -0.350 e. The number of halogens is 1. The lowest BCUT2D eigenvalue weighted by molar-refractivity contribution is -0.133. The second kappa shape index (κ2) is 9.75. The molecule has 1 aliphatic carbocycles. The van der Waals surface area contributed by atoms with E-state index in [2.05, 4.69) is 47.9 Å². The molecule has 32 heavy (non-hydrogen) atoms. The van der Waals surface area contributed by atoms with E-state index in [-0.39, 0.29) is 17.9 Å². The number of nitrogens with one attached hydrogen (secondary N) is 1. The molecular weight excluding hydrogens is 422 g/mol. The Morgan fingerprint density at radius 2 is 1.94 bits per heavy atom. The molecule has 0 bridgehead atoms. The van der Waals surface area contributed by atoms with Crippen molar-refractivity contribution in [1.82, 2.24) is 20.2 Å². The molecule has 0 saturated carbocycles. The van der Waals surface area contributed by atoms with Gasteiger partial charge < -0.3 is 15.1 Å². The lowest BCUT2D eigenvalue weighted by Crippen LogP contribution is -2.55. The number of piperazine rings is 1. The fraction of sp³-hybridized carbons (Fsp3) is 0.560. The maximum absolute atomic E-state index is 13.6. The number of hydrogen-bond acceptors (Lipinski definition) is 5. The van der Waals surface area contributed by atoms with E-state index in [0.717, 1.165) is 30.8 Å². The van der Waals surface area contributed by atoms with Crippen molar-refractivity contribution in [3.63, 3.8) is 0 Å². The van der Waals surface area contributed by atoms with E-state index >= 15 is 0 Å². The smallest absolute Gasteiger partial charge is 0.231 e. The maximum Gasteiger partial charge on any atom is 0.231 e. The van der Waals surface area contributed by atoms with Crippen LogP contribution in [0.25, 0.3) is 0 Å². The molecule has 1 N–H and O–H groups in total. The van der Waals surface area contributed by atoms with Crippen LogP contribution >= 0.6 is 11.6 Å². The summed E-state index contributed by atoms with van der Waals surface area (Å²) in [4.78, 5) is 27.2. The standard InChI is InChI=1S/C25H34ClN5O/c1-16(2)27-13-21(19-6-8-20(26)9-7-19)25(32)30-11-12-31(18(4)14-30)24-23-17(3)5-10-22(23)28-15-29-24/h6-9,15-18,21,27H,5,10-14H2,1-4H3/t17-,18-,21?/m1/s1. The molecule has 1 amide bonds. The quantitative estimate of drug-likeness (QED) is 0.713. The minimum absolute atomic E-state index is 0.174. The van der Waals surface area contributed by atoms with Crippen molar-refractivity contribution in [2.24, 2.45) is 0 Å². The Morgan fingerprint density at radius 1 is 1.19 bits per heavy atom. The van der Waals surface area contributed by atoms with E-state index in [1.54, 1.807) is 6.33 Å². The summed E-state index contributed by atoms with van der Waals surface area (Å²) in [7, 11) is 0. The fourth-order valence-electron chi connectivity index (χ4n) is 4.94. The number of amides is 1. The largest absolute Gasteiger partial charge is 0.350 e. The van der Waals surface area contributed by atoms with Gasteiger partial charge in [0.15, 0.2) is 0 Å². The first-order valence-corrected chi connectivity index (χ1v) is 12.1. The summed E-state index contributed by atoms with van der Waals surface area (Å²) in [6.07, 6.45) is 3.87. The summed E-state index contributed by atoms with van der Waals surface area (Å²) < 4.78 is 0. The topological polar surface area (TPSA) is 61.4 Å². The predicted octanol–water partition coefficient (Wildman–Crippen LogP) is 4.00. The first-order valence-electron chi connectivity index (χ1n) is 11.7. The van der Waals surface area contributed by atoms with Gasteiger partial charge >= 0.3 is 0 Å². The number of fused-ring (bicyclic) bond motifs is 1. The van der Waals surface area contributed by atoms with Gasteiger partial charge in [0, 0.05) is 54.5 Å². The van der Waals surface area contributed by atoms with Crippen LogP contribution in [0.15, 0.2) is 30.6 Å². The number of aryl methyl sites for hydroxylation is 1. The molecule has 3 atom stereocenters. The van der Waals surface area contributed by atoms with Crippen LogP contribution in [-0.2, 0) is 11.2 Å². The molecular formula is C25H34ClN5O. The van der Waals surface area contributed by atoms with Crippen LogP contribution in [0, 0.1) is 0 Å². The Balaban J connectivity index is 1.51. The number of nitrogens with zero attached hydrogens (tertiary/aromatic N) is 4. The van der Waals surface area contributed by atoms with E-state index < -0.39 is 0 Å². The molecule has 7 heteroatoms. The Kier molecular flexibility index (Phi) is 7.01. The van der Waals surface area contributed by atoms with Gasteiger partial charge in [0.2, 0.25) is 5.91 Å². The fourth-order valence-corrected chi connectivity index (χ4v) is 5.07. The summed E-state index contributed by atoms with van der Waals surface area (Å²) >= 11 is 6.09. The lowest BCUT2D eigenvalue weighted by Gasteiger charge is -2.42. The summed E-state index contributed by atoms with van der Waals surface area (Å²) in [5, 5.41) is 4.14. The molecule has 4 rings (SSSR count). The number of carbonyl (C=O) groups excluding carboxylic acids is 1. The van der Waals surface area contributed by atoms with Crippen LogP contribution in [0.5, 0.6) is 0 Å². The van der Waals surface area contributed by atoms with Crippen LogP contribution in [-0.4, -0.2) is 59.0 Å². The van der Waals surface area contributed by atoms with Crippen molar-refractivity contribution in [3.05, 3.63) is 52.4 Å². The molecule has 0 radical (unpaired) electrons. The van der Waals surface area contributed by atoms with Crippen LogP contribution in [0.2, 0.25) is 5.02 Å². The van der Waals surface area contributed by atoms with Crippen LogP contribution in [0.4, 0.5) is 5.82 Å². The van der Waals surface area contributed by atoms with Gasteiger partial charge in [-0.05, 0) is 43.4 Å². The highest BCUT2D eigenvalue weighted by molar-refractivity contribution is 6.30. The van der Waals surface area contributed by atoms with Gasteiger partial charge in [-0.3, -0.25) is 4.79 Å². The molecule has 1 unspecified atom stereocenters. The molecule has 1 fully saturated rings. The second-order valence-electron chi connectivity index (χ2n) is 9.49. The third-order valence-corrected chi connectivity index (χ3v) is 7.02. The van der Waals surface area contributed by atoms with Gasteiger partial charge in [-0.2, -0.15) is 0 Å². The predicted molar refractivity (Wildman–Crippen MR) is 129 cm³/mol. The highest BCUT2D eigenvalue weighted by Crippen LogP contribution is 2.38. The summed E-state index contributed by atoms with van der Waals surface area (Å²) in [5.74, 6) is 1.50. The van der Waals surface area contributed by atoms with Gasteiger partial charge in [0.1, 0.15) is 12.1 Å². The van der Waals surface area contributed by atoms with Crippen LogP contribution in [0.1, 0.15) is 62.8 Å². The summed E-state index contributed by atoms with van der Waals surface area (Å²) in [6, 6.07) is 8.18. The van der Waals surface area contributed by atoms with Gasteiger partial charge in [-0.1, -0.05) is 44.5 Å². The van der Waals surface area contributed by atoms with E-state index in [9.17, 15) is 4.79 Å². The van der Waals surface area contributed by atoms with Crippen molar-refractivity contribution in [2.45, 2.75) is 64.5 Å². The Labute approximate surface area is 196 Å². The van der Waals surface area contributed by atoms with Gasteiger partial charge in [0.25, 0.3) is 0 Å². The summed E-state index contributed by atoms with van der Waals surface area (Å²) in [5.41, 5.74) is 3.50. The second-order valence-corrected chi connectivity index (χ2v) is 9.93. The third kappa shape index (κ3) is 4.76. The molecule has 1 saturated heterocycles. The molecule has 1 aromatic carbocycles. The molecule has 6 nitrogen and oxygen atoms in total. The molecule has 2 aliphatic rings. The zero-order valence-electron chi connectivity index (χ0n) is 19.5. The average Bonchev–Trinajstić information content (AvgIpc) is 3.16. The molecule has 1 aliphatic heterocycles. The van der Waals surface area contributed by atoms with E-state index in [4.69, 9.17) is 11.6 Å². The van der Waals surface area contributed by atoms with Crippen molar-refractivity contribution < 1.29 is 4.79 Å². The van der Waals surface area contributed by atoms with Crippen molar-refractivity contribution in [3.8, 4) is 0 Å². The van der Waals surface area contributed by atoms with Crippen molar-refractivity contribution >= 4 is 23.3 Å². The molecule has 2 heterocycles. The summed E-state index contributed by atoms with van der Waals surface area (Å²) in [6.45, 7) is 11.5. The Morgan fingerprint density at radius 3 is 2.62 bits per heavy atom. The molecule has 2 aromatic rings. The normalized spacial score (nSPS) is 21.7. The van der Waals surface area contributed by atoms with Crippen molar-refractivity contribution in [1.29, 1.82) is 0 Å². The number of anilines is 1. The number of hydrogen-bond donors (Lipinski definition) is 1. The first-order chi connectivity index (χ1) is 15.3. The van der Waals surface area contributed by atoms with Crippen molar-refractivity contribution in [2.75, 3.05) is 31.1 Å². The maximum atomic E-state index is 13.6. The van der Waals surface area contributed by atoms with E-state index in [1.807, 2.05) is 29.2 Å². The Bertz CT molecular complexity index is 948. The average molecular weight is 456 g/mol. The number of aromatic nitrogens is 2. The molecule has 0 spiro atoms. The number of carbonyl (C=O) groups is 1. The van der Waals surface area contributed by atoms with E-state index in [1.165, 1.54) is 11.3 Å². The first kappa shape index (κ1) is 23.0. The number of rotatable bonds is 6. The van der Waals surface area contributed by atoms with E-state index in [0.29, 0.717) is 36.6 Å². The Hall–Kier alpha value is -2.18. The van der Waals surface area contributed by atoms with Gasteiger partial charge in [-0.15, -0.1) is 0 Å². The number of benzene rings is 1. The third-order valence-electron chi connectivity index (χ3n) is 6.76. The zero-order chi connectivity index (χ0) is 22.8. The highest BCUT2D eigenvalue weighted by Gasteiger charge is 2.35. The molecule has 172 valence electrons. The monoisotopic (exact) mass is 455 g/mol. The minimum atomic E-state index is -0.225. The van der Waals surface area contributed by atoms with Gasteiger partial charge in [-0.25, -0.2) is 9.97 Å². The zero-order valence-corrected chi connectivity index (χ0v) is 20.3.